The van der Waals surface area contributed by atoms with Crippen molar-refractivity contribution in [2.24, 2.45) is 0 Å². The van der Waals surface area contributed by atoms with Gasteiger partial charge in [-0.25, -0.2) is 0 Å². The van der Waals surface area contributed by atoms with Crippen LogP contribution in [0.4, 0.5) is 4.79 Å². The van der Waals surface area contributed by atoms with Crippen molar-refractivity contribution in [1.82, 2.24) is 4.90 Å². The largest absolute Gasteiger partial charge is 0.493 e. The Bertz CT molecular complexity index is 1280. The number of methoxy groups -OCH3 is 1. The van der Waals surface area contributed by atoms with Crippen molar-refractivity contribution in [3.05, 3.63) is 81.3 Å². The number of nitrogens with zero attached hydrogens (tertiary/aromatic N) is 1. The Balaban J connectivity index is 1.46. The van der Waals surface area contributed by atoms with Gasteiger partial charge in [0, 0.05) is 5.39 Å². The van der Waals surface area contributed by atoms with Gasteiger partial charge in [0.15, 0.2) is 11.5 Å². The van der Waals surface area contributed by atoms with Crippen molar-refractivity contribution in [3.63, 3.8) is 0 Å². The number of rotatable bonds is 9. The molecule has 1 heterocycles. The number of thioether (sulfide) groups is 1. The Hall–Kier alpha value is -2.98. The smallest absolute Gasteiger partial charge is 0.293 e. The first-order valence-electron chi connectivity index (χ1n) is 10.5. The molecule has 174 valence electrons. The molecule has 0 N–H and O–H groups in total. The van der Waals surface area contributed by atoms with Gasteiger partial charge in [0.05, 0.1) is 22.1 Å². The molecule has 1 aliphatic rings. The molecule has 3 aromatic rings. The molecule has 1 fully saturated rings. The summed E-state index contributed by atoms with van der Waals surface area (Å²) >= 11 is 3.07. The molecular formula is C26H22INO5S. The SMILES string of the molecule is C=CCOc1c(I)cc(/C=C2\SC(=O)N(CCOc3cccc4ccccc34)C2=O)cc1OC. The fourth-order valence-corrected chi connectivity index (χ4v) is 5.16. The molecule has 0 unspecified atom stereocenters. The first-order valence-corrected chi connectivity index (χ1v) is 12.4. The second-order valence-electron chi connectivity index (χ2n) is 7.29. The second kappa shape index (κ2) is 11.0. The van der Waals surface area contributed by atoms with Gasteiger partial charge in [-0.15, -0.1) is 0 Å². The standard InChI is InChI=1S/C26H22INO5S/c1-3-12-33-24-20(27)14-17(15-22(24)31-2)16-23-25(29)28(26(30)34-23)11-13-32-21-10-6-8-18-7-4-5-9-19(18)21/h3-10,14-16H,1,11-13H2,2H3/b23-16-. The molecule has 34 heavy (non-hydrogen) atoms. The highest BCUT2D eigenvalue weighted by Gasteiger charge is 2.35. The van der Waals surface area contributed by atoms with Crippen molar-refractivity contribution in [2.75, 3.05) is 26.9 Å². The highest BCUT2D eigenvalue weighted by molar-refractivity contribution is 14.1. The predicted molar refractivity (Wildman–Crippen MR) is 144 cm³/mol. The van der Waals surface area contributed by atoms with Crippen LogP contribution in [0.2, 0.25) is 0 Å². The van der Waals surface area contributed by atoms with Crippen molar-refractivity contribution in [2.45, 2.75) is 0 Å². The number of carbonyl (C=O) groups is 2. The van der Waals surface area contributed by atoms with E-state index in [2.05, 4.69) is 29.2 Å². The van der Waals surface area contributed by atoms with Gasteiger partial charge in [-0.2, -0.15) is 0 Å². The van der Waals surface area contributed by atoms with E-state index in [1.807, 2.05) is 48.5 Å². The number of hydrogen-bond donors (Lipinski definition) is 0. The Kier molecular flexibility index (Phi) is 7.79. The minimum atomic E-state index is -0.336. The van der Waals surface area contributed by atoms with Gasteiger partial charge >= 0.3 is 0 Å². The lowest BCUT2D eigenvalue weighted by molar-refractivity contribution is -0.123. The number of imide groups is 1. The van der Waals surface area contributed by atoms with Gasteiger partial charge in [0.25, 0.3) is 11.1 Å². The maximum atomic E-state index is 12.9. The highest BCUT2D eigenvalue weighted by atomic mass is 127. The van der Waals surface area contributed by atoms with Crippen LogP contribution in [-0.2, 0) is 4.79 Å². The molecule has 4 rings (SSSR count). The predicted octanol–water partition coefficient (Wildman–Crippen LogP) is 6.13. The van der Waals surface area contributed by atoms with E-state index in [0.717, 1.165) is 37.4 Å². The number of hydrogen-bond acceptors (Lipinski definition) is 6. The number of fused-ring (bicyclic) bond motifs is 1. The van der Waals surface area contributed by atoms with Crippen LogP contribution >= 0.6 is 34.4 Å². The van der Waals surface area contributed by atoms with E-state index in [9.17, 15) is 9.59 Å². The quantitative estimate of drug-likeness (QED) is 0.171. The summed E-state index contributed by atoms with van der Waals surface area (Å²) in [7, 11) is 1.56. The fraction of sp³-hybridized carbons (Fsp3) is 0.154. The molecule has 1 aliphatic heterocycles. The van der Waals surface area contributed by atoms with E-state index in [1.165, 1.54) is 4.90 Å². The van der Waals surface area contributed by atoms with Crippen LogP contribution in [0, 0.1) is 3.57 Å². The molecule has 0 aromatic heterocycles. The second-order valence-corrected chi connectivity index (χ2v) is 9.45. The van der Waals surface area contributed by atoms with Gasteiger partial charge in [0.2, 0.25) is 0 Å². The van der Waals surface area contributed by atoms with Crippen LogP contribution in [0.3, 0.4) is 0 Å². The Morgan fingerprint density at radius 1 is 1.06 bits per heavy atom. The summed E-state index contributed by atoms with van der Waals surface area (Å²) in [6.07, 6.45) is 3.35. The van der Waals surface area contributed by atoms with Crippen LogP contribution in [0.5, 0.6) is 17.2 Å². The van der Waals surface area contributed by atoms with Crippen LogP contribution < -0.4 is 14.2 Å². The molecule has 3 aromatic carbocycles. The zero-order chi connectivity index (χ0) is 24.1. The monoisotopic (exact) mass is 587 g/mol. The lowest BCUT2D eigenvalue weighted by Crippen LogP contribution is -2.32. The van der Waals surface area contributed by atoms with Gasteiger partial charge in [-0.3, -0.25) is 14.5 Å². The Morgan fingerprint density at radius 2 is 1.85 bits per heavy atom. The van der Waals surface area contributed by atoms with Crippen LogP contribution in [-0.4, -0.2) is 42.9 Å². The molecule has 0 atom stereocenters. The number of halogens is 1. The lowest BCUT2D eigenvalue weighted by atomic mass is 10.1. The molecule has 8 heteroatoms. The van der Waals surface area contributed by atoms with Crippen LogP contribution in [0.1, 0.15) is 5.56 Å². The summed E-state index contributed by atoms with van der Waals surface area (Å²) in [5.74, 6) is 1.54. The van der Waals surface area contributed by atoms with E-state index in [-0.39, 0.29) is 24.3 Å². The summed E-state index contributed by atoms with van der Waals surface area (Å²) in [6.45, 7) is 4.39. The third kappa shape index (κ3) is 5.23. The zero-order valence-electron chi connectivity index (χ0n) is 18.5. The normalized spacial score (nSPS) is 14.6. The summed E-state index contributed by atoms with van der Waals surface area (Å²) in [6, 6.07) is 17.4. The number of carbonyl (C=O) groups excluding carboxylic acids is 2. The summed E-state index contributed by atoms with van der Waals surface area (Å²) < 4.78 is 17.9. The van der Waals surface area contributed by atoms with Crippen molar-refractivity contribution in [1.29, 1.82) is 0 Å². The molecule has 0 spiro atoms. The van der Waals surface area contributed by atoms with Crippen LogP contribution in [0.25, 0.3) is 16.8 Å². The molecule has 1 saturated heterocycles. The van der Waals surface area contributed by atoms with Crippen molar-refractivity contribution < 1.29 is 23.8 Å². The topological polar surface area (TPSA) is 65.1 Å². The van der Waals surface area contributed by atoms with E-state index in [4.69, 9.17) is 14.2 Å². The third-order valence-corrected chi connectivity index (χ3v) is 6.80. The van der Waals surface area contributed by atoms with E-state index in [1.54, 1.807) is 25.3 Å². The molecule has 0 radical (unpaired) electrons. The summed E-state index contributed by atoms with van der Waals surface area (Å²) in [4.78, 5) is 27.0. The van der Waals surface area contributed by atoms with Gasteiger partial charge in [0.1, 0.15) is 19.0 Å². The van der Waals surface area contributed by atoms with Gasteiger partial charge in [-0.05, 0) is 69.6 Å². The zero-order valence-corrected chi connectivity index (χ0v) is 21.4. The van der Waals surface area contributed by atoms with E-state index < -0.39 is 0 Å². The van der Waals surface area contributed by atoms with E-state index >= 15 is 0 Å². The molecule has 0 bridgehead atoms. The molecule has 2 amide bonds. The minimum absolute atomic E-state index is 0.167. The third-order valence-electron chi connectivity index (χ3n) is 5.09. The number of amides is 2. The van der Waals surface area contributed by atoms with Crippen molar-refractivity contribution in [3.8, 4) is 17.2 Å². The average Bonchev–Trinajstić information content (AvgIpc) is 3.10. The molecule has 6 nitrogen and oxygen atoms in total. The summed E-state index contributed by atoms with van der Waals surface area (Å²) in [5, 5.41) is 1.74. The highest BCUT2D eigenvalue weighted by Crippen LogP contribution is 2.37. The first-order chi connectivity index (χ1) is 16.5. The summed E-state index contributed by atoms with van der Waals surface area (Å²) in [5.41, 5.74) is 0.740. The maximum absolute atomic E-state index is 12.9. The van der Waals surface area contributed by atoms with E-state index in [0.29, 0.717) is 23.0 Å². The molecular weight excluding hydrogens is 565 g/mol. The van der Waals surface area contributed by atoms with Crippen LogP contribution in [0.15, 0.2) is 72.2 Å². The Morgan fingerprint density at radius 3 is 2.65 bits per heavy atom. The lowest BCUT2D eigenvalue weighted by Gasteiger charge is -2.14. The number of benzene rings is 3. The average molecular weight is 587 g/mol. The fourth-order valence-electron chi connectivity index (χ4n) is 3.52. The maximum Gasteiger partial charge on any atom is 0.293 e. The molecule has 0 saturated carbocycles. The Labute approximate surface area is 215 Å². The van der Waals surface area contributed by atoms with Crippen molar-refractivity contribution >= 4 is 62.3 Å². The first kappa shape index (κ1) is 24.2. The van der Waals surface area contributed by atoms with Gasteiger partial charge < -0.3 is 14.2 Å². The van der Waals surface area contributed by atoms with Gasteiger partial charge in [-0.1, -0.05) is 49.1 Å². The minimum Gasteiger partial charge on any atom is -0.493 e. The molecule has 0 aliphatic carbocycles. The number of ether oxygens (including phenoxy) is 3.